The molecule has 2 fully saturated rings. The molecule has 2 saturated heterocycles. The summed E-state index contributed by atoms with van der Waals surface area (Å²) in [6, 6.07) is -0.360. The molecule has 0 aromatic heterocycles. The van der Waals surface area contributed by atoms with Gasteiger partial charge in [-0.25, -0.2) is 0 Å². The van der Waals surface area contributed by atoms with Crippen LogP contribution in [0.5, 0.6) is 0 Å². The van der Waals surface area contributed by atoms with Crippen LogP contribution in [-0.2, 0) is 9.53 Å². The summed E-state index contributed by atoms with van der Waals surface area (Å²) in [6.45, 7) is 3.07. The van der Waals surface area contributed by atoms with E-state index in [0.717, 1.165) is 11.4 Å². The standard InChI is InChI=1S/C12H21NO5.ClH/c1-2-3-9(15)18-8-6-13-5-4-7(14)10(13)12(17)11(8)16;/h7-8,10-12,14,16-17H,2-6H2,1H3;1H/t7-,8-,10+,11+,12+;/m0./s1/i5+2;. The van der Waals surface area contributed by atoms with Gasteiger partial charge in [0.25, 0.3) is 0 Å². The number of fused-ring (bicyclic) bond motifs is 1. The van der Waals surface area contributed by atoms with Gasteiger partial charge >= 0.3 is 5.97 Å². The van der Waals surface area contributed by atoms with Crippen LogP contribution in [0.25, 0.3) is 0 Å². The van der Waals surface area contributed by atoms with Crippen LogP contribution in [0.4, 0.5) is 0 Å². The van der Waals surface area contributed by atoms with E-state index in [1.165, 1.54) is 0 Å². The first-order valence-corrected chi connectivity index (χ1v) is 6.62. The van der Waals surface area contributed by atoms with E-state index in [-0.39, 0.29) is 24.4 Å². The van der Waals surface area contributed by atoms with Gasteiger partial charge < -0.3 is 37.4 Å². The molecule has 19 heavy (non-hydrogen) atoms. The molecule has 2 heterocycles. The predicted octanol–water partition coefficient (Wildman–Crippen LogP) is -5.54. The molecule has 2 aliphatic heterocycles. The van der Waals surface area contributed by atoms with Gasteiger partial charge in [0.15, 0.2) is 6.10 Å². The smallest absolute Gasteiger partial charge is 0.306 e. The van der Waals surface area contributed by atoms with Crippen molar-refractivity contribution in [3.63, 3.8) is 0 Å². The van der Waals surface area contributed by atoms with Crippen molar-refractivity contribution in [1.82, 2.24) is 0 Å². The van der Waals surface area contributed by atoms with Gasteiger partial charge in [-0.05, 0) is 6.42 Å². The van der Waals surface area contributed by atoms with Crippen LogP contribution < -0.4 is 17.3 Å². The molecule has 1 unspecified atom stereocenters. The first-order chi connectivity index (χ1) is 8.54. The highest BCUT2D eigenvalue weighted by atomic mass is 35.5. The van der Waals surface area contributed by atoms with Gasteiger partial charge in [0.05, 0.1) is 6.54 Å². The summed E-state index contributed by atoms with van der Waals surface area (Å²) in [5.41, 5.74) is 0. The normalized spacial score (nSPS) is 41.3. The molecule has 2 rings (SSSR count). The van der Waals surface area contributed by atoms with Gasteiger partial charge in [0.2, 0.25) is 0 Å². The van der Waals surface area contributed by atoms with Gasteiger partial charge in [-0.15, -0.1) is 0 Å². The average molecular weight is 298 g/mol. The van der Waals surface area contributed by atoms with Crippen molar-refractivity contribution in [3.8, 4) is 0 Å². The van der Waals surface area contributed by atoms with Crippen LogP contribution in [0.3, 0.4) is 0 Å². The number of aliphatic hydroxyl groups is 3. The zero-order valence-corrected chi connectivity index (χ0v) is 11.7. The molecule has 0 radical (unpaired) electrons. The van der Waals surface area contributed by atoms with Crippen molar-refractivity contribution < 1.29 is 42.2 Å². The number of hydrogen-bond acceptors (Lipinski definition) is 5. The maximum absolute atomic E-state index is 11.4. The second-order valence-electron chi connectivity index (χ2n) is 5.25. The highest BCUT2D eigenvalue weighted by molar-refractivity contribution is 5.69. The van der Waals surface area contributed by atoms with Crippen molar-refractivity contribution in [2.24, 2.45) is 0 Å². The topological polar surface area (TPSA) is 91.4 Å². The monoisotopic (exact) mass is 297 g/mol. The molecule has 4 N–H and O–H groups in total. The Bertz CT molecular complexity index is 316. The Morgan fingerprint density at radius 1 is 1.37 bits per heavy atom. The molecule has 2 aliphatic rings. The Morgan fingerprint density at radius 3 is 2.68 bits per heavy atom. The van der Waals surface area contributed by atoms with Crippen LogP contribution in [0, 0.1) is 0 Å². The number of halogens is 1. The molecule has 0 bridgehead atoms. The third kappa shape index (κ3) is 3.38. The maximum Gasteiger partial charge on any atom is 0.306 e. The van der Waals surface area contributed by atoms with Crippen molar-refractivity contribution in [2.75, 3.05) is 13.1 Å². The van der Waals surface area contributed by atoms with E-state index in [9.17, 15) is 20.1 Å². The van der Waals surface area contributed by atoms with Crippen LogP contribution in [0.2, 0.25) is 0 Å². The Kier molecular flexibility index (Phi) is 6.01. The number of aliphatic hydroxyl groups excluding tert-OH is 3. The second kappa shape index (κ2) is 6.85. The molecule has 0 aromatic carbocycles. The van der Waals surface area contributed by atoms with E-state index in [2.05, 4.69) is 0 Å². The van der Waals surface area contributed by atoms with E-state index in [1.54, 1.807) is 0 Å². The van der Waals surface area contributed by atoms with Crippen LogP contribution in [0.15, 0.2) is 0 Å². The number of carbonyl (C=O) groups excluding carboxylic acids is 1. The first kappa shape index (κ1) is 16.7. The maximum atomic E-state index is 11.4. The molecule has 0 spiro atoms. The first-order valence-electron chi connectivity index (χ1n) is 6.62. The fourth-order valence-electron chi connectivity index (χ4n) is 3.01. The van der Waals surface area contributed by atoms with E-state index in [4.69, 9.17) is 4.74 Å². The average Bonchev–Trinajstić information content (AvgIpc) is 2.67. The van der Waals surface area contributed by atoms with E-state index in [0.29, 0.717) is 25.8 Å². The lowest BCUT2D eigenvalue weighted by Crippen LogP contribution is -3.19. The molecule has 7 heteroatoms. The molecular weight excluding hydrogens is 276 g/mol. The van der Waals surface area contributed by atoms with E-state index in [1.807, 2.05) is 6.92 Å². The van der Waals surface area contributed by atoms with Crippen LogP contribution >= 0.6 is 0 Å². The zero-order chi connectivity index (χ0) is 13.3. The van der Waals surface area contributed by atoms with Crippen molar-refractivity contribution >= 4 is 5.97 Å². The molecule has 112 valence electrons. The summed E-state index contributed by atoms with van der Waals surface area (Å²) in [4.78, 5) is 12.5. The SMILES string of the molecule is CCCC(=O)O[C@H]1C[NH+]2[14CH2]C[C@H](O)[C@@H]2[C@@H](O)[C@@H]1O.[Cl-]. The molecule has 6 nitrogen and oxygen atoms in total. The summed E-state index contributed by atoms with van der Waals surface area (Å²) in [5.74, 6) is -0.341. The van der Waals surface area contributed by atoms with Gasteiger partial charge in [-0.1, -0.05) is 6.92 Å². The zero-order valence-electron chi connectivity index (χ0n) is 11.0. The third-order valence-electron chi connectivity index (χ3n) is 3.95. The van der Waals surface area contributed by atoms with Crippen LogP contribution in [0.1, 0.15) is 26.2 Å². The fraction of sp³-hybridized carbons (Fsp3) is 0.917. The second-order valence-corrected chi connectivity index (χ2v) is 5.25. The summed E-state index contributed by atoms with van der Waals surface area (Å²) < 4.78 is 5.21. The Hall–Kier alpha value is -0.400. The summed E-state index contributed by atoms with van der Waals surface area (Å²) in [6.07, 6.45) is -1.77. The number of hydrogen-bond donors (Lipinski definition) is 4. The minimum atomic E-state index is -1.10. The number of ether oxygens (including phenoxy) is 1. The largest absolute Gasteiger partial charge is 1.00 e. The summed E-state index contributed by atoms with van der Waals surface area (Å²) in [5, 5.41) is 29.7. The Labute approximate surface area is 118 Å². The minimum absolute atomic E-state index is 0. The van der Waals surface area contributed by atoms with Gasteiger partial charge in [-0.3, -0.25) is 4.79 Å². The lowest BCUT2D eigenvalue weighted by atomic mass is 9.93. The minimum Gasteiger partial charge on any atom is -1.00 e. The lowest BCUT2D eigenvalue weighted by molar-refractivity contribution is -0.927. The number of quaternary nitrogens is 1. The Balaban J connectivity index is 0.00000180. The molecule has 6 atom stereocenters. The number of nitrogens with one attached hydrogen (secondary N) is 1. The summed E-state index contributed by atoms with van der Waals surface area (Å²) >= 11 is 0. The van der Waals surface area contributed by atoms with E-state index < -0.39 is 24.4 Å². The van der Waals surface area contributed by atoms with Gasteiger partial charge in [0, 0.05) is 12.8 Å². The third-order valence-corrected chi connectivity index (χ3v) is 3.95. The predicted molar refractivity (Wildman–Crippen MR) is 61.9 cm³/mol. The number of piperidine rings is 1. The number of esters is 1. The highest BCUT2D eigenvalue weighted by Gasteiger charge is 2.52. The Morgan fingerprint density at radius 2 is 2.05 bits per heavy atom. The van der Waals surface area contributed by atoms with Crippen molar-refractivity contribution in [1.29, 1.82) is 0 Å². The highest BCUT2D eigenvalue weighted by Crippen LogP contribution is 2.18. The number of carbonyl (C=O) groups is 1. The fourth-order valence-corrected chi connectivity index (χ4v) is 3.01. The number of rotatable bonds is 3. The van der Waals surface area contributed by atoms with Crippen molar-refractivity contribution in [2.45, 2.75) is 56.6 Å². The lowest BCUT2D eigenvalue weighted by Gasteiger charge is -2.39. The molecular formula is C12H22ClNO5. The van der Waals surface area contributed by atoms with Crippen molar-refractivity contribution in [3.05, 3.63) is 0 Å². The molecule has 0 amide bonds. The van der Waals surface area contributed by atoms with Gasteiger partial charge in [0.1, 0.15) is 30.9 Å². The summed E-state index contributed by atoms with van der Waals surface area (Å²) in [7, 11) is 0. The molecule has 0 aromatic rings. The van der Waals surface area contributed by atoms with Crippen LogP contribution in [-0.4, -0.2) is 64.8 Å². The molecule has 0 aliphatic carbocycles. The van der Waals surface area contributed by atoms with E-state index >= 15 is 0 Å². The molecule has 0 saturated carbocycles. The quantitative estimate of drug-likeness (QED) is 0.390. The van der Waals surface area contributed by atoms with Gasteiger partial charge in [-0.2, -0.15) is 0 Å².